The van der Waals surface area contributed by atoms with Gasteiger partial charge in [-0.3, -0.25) is 4.79 Å². The van der Waals surface area contributed by atoms with Crippen molar-refractivity contribution in [3.8, 4) is 0 Å². The fourth-order valence-electron chi connectivity index (χ4n) is 3.20. The number of urea groups is 1. The van der Waals surface area contributed by atoms with E-state index in [1.54, 1.807) is 11.8 Å². The molecule has 2 rings (SSSR count). The highest BCUT2D eigenvalue weighted by molar-refractivity contribution is 5.76. The molecular formula is C15H26N2O3. The molecule has 2 N–H and O–H groups in total. The lowest BCUT2D eigenvalue weighted by Gasteiger charge is -2.44. The average molecular weight is 282 g/mol. The minimum Gasteiger partial charge on any atom is -0.481 e. The predicted octanol–water partition coefficient (Wildman–Crippen LogP) is 2.32. The number of nitrogens with zero attached hydrogens (tertiary/aromatic N) is 1. The highest BCUT2D eigenvalue weighted by Gasteiger charge is 2.39. The van der Waals surface area contributed by atoms with Gasteiger partial charge < -0.3 is 15.3 Å². The summed E-state index contributed by atoms with van der Waals surface area (Å²) in [6, 6.07) is 0.207. The summed E-state index contributed by atoms with van der Waals surface area (Å²) in [6.45, 7) is 7.26. The fourth-order valence-corrected chi connectivity index (χ4v) is 3.20. The Balaban J connectivity index is 1.81. The summed E-state index contributed by atoms with van der Waals surface area (Å²) < 4.78 is 0. The van der Waals surface area contributed by atoms with Crippen molar-refractivity contribution in [1.82, 2.24) is 10.2 Å². The number of amides is 2. The van der Waals surface area contributed by atoms with Crippen LogP contribution in [0.1, 0.15) is 46.5 Å². The zero-order valence-corrected chi connectivity index (χ0v) is 12.7. The molecule has 5 heteroatoms. The van der Waals surface area contributed by atoms with Crippen molar-refractivity contribution in [2.24, 2.45) is 17.3 Å². The van der Waals surface area contributed by atoms with Crippen LogP contribution in [-0.2, 0) is 4.79 Å². The summed E-state index contributed by atoms with van der Waals surface area (Å²) in [5.41, 5.74) is 0.159. The zero-order valence-electron chi connectivity index (χ0n) is 12.7. The lowest BCUT2D eigenvalue weighted by molar-refractivity contribution is -0.144. The number of rotatable bonds is 3. The maximum Gasteiger partial charge on any atom is 0.317 e. The number of carboxylic acids is 1. The van der Waals surface area contributed by atoms with Crippen LogP contribution in [0.4, 0.5) is 4.79 Å². The highest BCUT2D eigenvalue weighted by atomic mass is 16.4. The van der Waals surface area contributed by atoms with Crippen molar-refractivity contribution in [1.29, 1.82) is 0 Å². The van der Waals surface area contributed by atoms with Gasteiger partial charge >= 0.3 is 12.0 Å². The lowest BCUT2D eigenvalue weighted by atomic mass is 9.73. The second kappa shape index (κ2) is 5.62. The van der Waals surface area contributed by atoms with Gasteiger partial charge in [0, 0.05) is 25.0 Å². The van der Waals surface area contributed by atoms with Crippen molar-refractivity contribution in [3.05, 3.63) is 0 Å². The number of carboxylic acid groups (broad SMARTS) is 1. The Hall–Kier alpha value is -1.26. The van der Waals surface area contributed by atoms with E-state index in [-0.39, 0.29) is 29.3 Å². The molecule has 1 saturated heterocycles. The maximum absolute atomic E-state index is 12.2. The average Bonchev–Trinajstić information content (AvgIpc) is 2.29. The van der Waals surface area contributed by atoms with Gasteiger partial charge in [0.1, 0.15) is 0 Å². The quantitative estimate of drug-likeness (QED) is 0.834. The molecule has 2 atom stereocenters. The monoisotopic (exact) mass is 282 g/mol. The van der Waals surface area contributed by atoms with Crippen molar-refractivity contribution >= 4 is 12.0 Å². The van der Waals surface area contributed by atoms with E-state index in [9.17, 15) is 9.59 Å². The van der Waals surface area contributed by atoms with Gasteiger partial charge in [-0.2, -0.15) is 0 Å². The molecule has 0 radical (unpaired) electrons. The Morgan fingerprint density at radius 2 is 1.95 bits per heavy atom. The summed E-state index contributed by atoms with van der Waals surface area (Å²) in [7, 11) is 0. The van der Waals surface area contributed by atoms with Crippen LogP contribution in [-0.4, -0.2) is 41.1 Å². The van der Waals surface area contributed by atoms with Crippen LogP contribution in [0.3, 0.4) is 0 Å². The standard InChI is InChI=1S/C15H26N2O3/c1-10(13(18)19)11-8-17(9-11)14(20)16-12-6-4-5-7-15(12,2)3/h10-12H,4-9H2,1-3H3,(H,16,20)(H,18,19). The first kappa shape index (κ1) is 15.1. The third-order valence-corrected chi connectivity index (χ3v) is 5.10. The van der Waals surface area contributed by atoms with Gasteiger partial charge in [-0.25, -0.2) is 4.79 Å². The third kappa shape index (κ3) is 3.07. The number of carbonyl (C=O) groups excluding carboxylic acids is 1. The Morgan fingerprint density at radius 1 is 1.30 bits per heavy atom. The van der Waals surface area contributed by atoms with Gasteiger partial charge in [0.15, 0.2) is 0 Å². The lowest BCUT2D eigenvalue weighted by Crippen LogP contribution is -2.59. The first-order chi connectivity index (χ1) is 9.31. The number of hydrogen-bond donors (Lipinski definition) is 2. The van der Waals surface area contributed by atoms with Crippen molar-refractivity contribution in [2.75, 3.05) is 13.1 Å². The molecule has 0 aromatic rings. The Bertz CT molecular complexity index is 389. The van der Waals surface area contributed by atoms with E-state index < -0.39 is 5.97 Å². The van der Waals surface area contributed by atoms with Crippen molar-refractivity contribution < 1.29 is 14.7 Å². The molecule has 114 valence electrons. The van der Waals surface area contributed by atoms with Crippen LogP contribution in [0.15, 0.2) is 0 Å². The van der Waals surface area contributed by atoms with Crippen LogP contribution in [0.25, 0.3) is 0 Å². The van der Waals surface area contributed by atoms with E-state index in [1.807, 2.05) is 0 Å². The molecule has 1 heterocycles. The largest absolute Gasteiger partial charge is 0.481 e. The second-order valence-electron chi connectivity index (χ2n) is 7.03. The predicted molar refractivity (Wildman–Crippen MR) is 76.4 cm³/mol. The Labute approximate surface area is 120 Å². The molecule has 0 spiro atoms. The van der Waals surface area contributed by atoms with Crippen LogP contribution in [0, 0.1) is 17.3 Å². The summed E-state index contributed by atoms with van der Waals surface area (Å²) in [5, 5.41) is 12.1. The van der Waals surface area contributed by atoms with Gasteiger partial charge in [-0.1, -0.05) is 33.6 Å². The molecule has 5 nitrogen and oxygen atoms in total. The zero-order chi connectivity index (χ0) is 14.9. The van der Waals surface area contributed by atoms with Crippen molar-refractivity contribution in [2.45, 2.75) is 52.5 Å². The van der Waals surface area contributed by atoms with Gasteiger partial charge in [0.25, 0.3) is 0 Å². The smallest absolute Gasteiger partial charge is 0.317 e. The minimum absolute atomic E-state index is 0.0289. The Morgan fingerprint density at radius 3 is 2.50 bits per heavy atom. The van der Waals surface area contributed by atoms with Gasteiger partial charge in [-0.15, -0.1) is 0 Å². The van der Waals surface area contributed by atoms with Crippen LogP contribution in [0.2, 0.25) is 0 Å². The first-order valence-electron chi connectivity index (χ1n) is 7.59. The minimum atomic E-state index is -0.775. The molecule has 2 unspecified atom stereocenters. The van der Waals surface area contributed by atoms with E-state index in [0.29, 0.717) is 13.1 Å². The molecule has 2 amide bonds. The molecule has 1 aliphatic heterocycles. The molecule has 2 fully saturated rings. The van der Waals surface area contributed by atoms with Crippen LogP contribution < -0.4 is 5.32 Å². The summed E-state index contributed by atoms with van der Waals surface area (Å²) in [5.74, 6) is -1.05. The van der Waals surface area contributed by atoms with Gasteiger partial charge in [-0.05, 0) is 18.3 Å². The molecule has 1 saturated carbocycles. The highest BCUT2D eigenvalue weighted by Crippen LogP contribution is 2.35. The molecule has 0 bridgehead atoms. The number of carbonyl (C=O) groups is 2. The summed E-state index contributed by atoms with van der Waals surface area (Å²) in [4.78, 5) is 24.8. The second-order valence-corrected chi connectivity index (χ2v) is 7.03. The molecule has 2 aliphatic rings. The first-order valence-corrected chi connectivity index (χ1v) is 7.59. The fraction of sp³-hybridized carbons (Fsp3) is 0.867. The molecule has 1 aliphatic carbocycles. The number of aliphatic carboxylic acids is 1. The van der Waals surface area contributed by atoms with E-state index >= 15 is 0 Å². The third-order valence-electron chi connectivity index (χ3n) is 5.10. The van der Waals surface area contributed by atoms with E-state index in [4.69, 9.17) is 5.11 Å². The molecule has 20 heavy (non-hydrogen) atoms. The van der Waals surface area contributed by atoms with Crippen LogP contribution in [0.5, 0.6) is 0 Å². The van der Waals surface area contributed by atoms with E-state index in [1.165, 1.54) is 12.8 Å². The number of likely N-dealkylation sites (tertiary alicyclic amines) is 1. The van der Waals surface area contributed by atoms with E-state index in [0.717, 1.165) is 12.8 Å². The van der Waals surface area contributed by atoms with Gasteiger partial charge in [0.05, 0.1) is 5.92 Å². The van der Waals surface area contributed by atoms with E-state index in [2.05, 4.69) is 19.2 Å². The number of nitrogens with one attached hydrogen (secondary N) is 1. The Kier molecular flexibility index (Phi) is 4.25. The SMILES string of the molecule is CC(C(=O)O)C1CN(C(=O)NC2CCCCC2(C)C)C1. The maximum atomic E-state index is 12.2. The molecule has 0 aromatic heterocycles. The summed E-state index contributed by atoms with van der Waals surface area (Å²) >= 11 is 0. The van der Waals surface area contributed by atoms with Gasteiger partial charge in [0.2, 0.25) is 0 Å². The normalized spacial score (nSPS) is 27.6. The topological polar surface area (TPSA) is 69.6 Å². The number of hydrogen-bond acceptors (Lipinski definition) is 2. The summed E-state index contributed by atoms with van der Waals surface area (Å²) in [6.07, 6.45) is 4.60. The molecular weight excluding hydrogens is 256 g/mol. The van der Waals surface area contributed by atoms with Crippen LogP contribution >= 0.6 is 0 Å². The van der Waals surface area contributed by atoms with Crippen molar-refractivity contribution in [3.63, 3.8) is 0 Å². The molecule has 0 aromatic carbocycles.